The molecule has 0 saturated carbocycles. The van der Waals surface area contributed by atoms with Crippen molar-refractivity contribution in [1.29, 1.82) is 0 Å². The smallest absolute Gasteiger partial charge is 0.350 e. The fraction of sp³-hybridized carbons (Fsp3) is 0.800. The second-order valence-electron chi connectivity index (χ2n) is 2.08. The first kappa shape index (κ1) is 10.2. The van der Waals surface area contributed by atoms with E-state index in [2.05, 4.69) is 5.73 Å². The number of hydrogen-bond acceptors (Lipinski definition) is 1. The lowest BCUT2D eigenvalue weighted by Gasteiger charge is -2.15. The van der Waals surface area contributed by atoms with Crippen LogP contribution in [0.5, 0.6) is 0 Å². The van der Waals surface area contributed by atoms with Gasteiger partial charge in [-0.05, 0) is 6.92 Å². The molecule has 0 aromatic carbocycles. The zero-order chi connectivity index (χ0) is 9.07. The highest BCUT2D eigenvalue weighted by atomic mass is 19.4. The van der Waals surface area contributed by atoms with Gasteiger partial charge in [-0.25, -0.2) is 0 Å². The number of carbonyl (C=O) groups is 1. The Bertz CT molecular complexity index is 145. The SMILES string of the molecule is CC(NC(=O)C[NH3+])C(F)(F)F. The number of rotatable bonds is 2. The lowest BCUT2D eigenvalue weighted by Crippen LogP contribution is -2.59. The van der Waals surface area contributed by atoms with E-state index in [9.17, 15) is 18.0 Å². The summed E-state index contributed by atoms with van der Waals surface area (Å²) in [6.45, 7) is 0.702. The molecule has 0 aliphatic rings. The standard InChI is InChI=1S/C5H9F3N2O/c1-3(5(6,7)8)10-4(11)2-9/h3H,2,9H2,1H3,(H,10,11)/p+1. The quantitative estimate of drug-likeness (QED) is 0.566. The normalized spacial score (nSPS) is 14.3. The van der Waals surface area contributed by atoms with Crippen molar-refractivity contribution in [3.8, 4) is 0 Å². The second-order valence-corrected chi connectivity index (χ2v) is 2.08. The van der Waals surface area contributed by atoms with E-state index in [-0.39, 0.29) is 6.54 Å². The summed E-state index contributed by atoms with van der Waals surface area (Å²) in [5, 5.41) is 1.74. The Balaban J connectivity index is 3.87. The van der Waals surface area contributed by atoms with Crippen LogP contribution in [0.25, 0.3) is 0 Å². The van der Waals surface area contributed by atoms with Gasteiger partial charge in [0, 0.05) is 0 Å². The third kappa shape index (κ3) is 3.82. The van der Waals surface area contributed by atoms with Crippen LogP contribution in [0.2, 0.25) is 0 Å². The molecule has 0 saturated heterocycles. The molecular formula is C5H10F3N2O+. The van der Waals surface area contributed by atoms with E-state index in [0.29, 0.717) is 0 Å². The van der Waals surface area contributed by atoms with Gasteiger partial charge in [-0.2, -0.15) is 13.2 Å². The number of alkyl halides is 3. The fourth-order valence-corrected chi connectivity index (χ4v) is 0.395. The van der Waals surface area contributed by atoms with Gasteiger partial charge in [-0.3, -0.25) is 4.79 Å². The predicted molar refractivity (Wildman–Crippen MR) is 31.4 cm³/mol. The molecule has 1 unspecified atom stereocenters. The zero-order valence-electron chi connectivity index (χ0n) is 6.03. The highest BCUT2D eigenvalue weighted by molar-refractivity contribution is 5.76. The Morgan fingerprint density at radius 2 is 2.09 bits per heavy atom. The van der Waals surface area contributed by atoms with Crippen molar-refractivity contribution in [2.24, 2.45) is 0 Å². The number of nitrogens with one attached hydrogen (secondary N) is 1. The van der Waals surface area contributed by atoms with Crippen LogP contribution in [0.15, 0.2) is 0 Å². The van der Waals surface area contributed by atoms with Crippen LogP contribution < -0.4 is 11.1 Å². The van der Waals surface area contributed by atoms with Crippen LogP contribution in [0.3, 0.4) is 0 Å². The van der Waals surface area contributed by atoms with Crippen LogP contribution in [0.4, 0.5) is 13.2 Å². The molecule has 0 rings (SSSR count). The lowest BCUT2D eigenvalue weighted by atomic mass is 10.3. The van der Waals surface area contributed by atoms with Crippen molar-refractivity contribution >= 4 is 5.91 Å². The van der Waals surface area contributed by atoms with E-state index >= 15 is 0 Å². The molecule has 0 bridgehead atoms. The first-order valence-corrected chi connectivity index (χ1v) is 3.03. The Kier molecular flexibility index (Phi) is 3.31. The first-order valence-electron chi connectivity index (χ1n) is 3.03. The Hall–Kier alpha value is -0.780. The number of quaternary nitrogens is 1. The topological polar surface area (TPSA) is 56.7 Å². The zero-order valence-corrected chi connectivity index (χ0v) is 6.03. The molecule has 0 aromatic heterocycles. The van der Waals surface area contributed by atoms with E-state index in [4.69, 9.17) is 0 Å². The molecule has 0 aromatic rings. The summed E-state index contributed by atoms with van der Waals surface area (Å²) in [4.78, 5) is 10.4. The molecule has 1 atom stereocenters. The Morgan fingerprint density at radius 1 is 1.64 bits per heavy atom. The summed E-state index contributed by atoms with van der Waals surface area (Å²) >= 11 is 0. The van der Waals surface area contributed by atoms with Crippen molar-refractivity contribution < 1.29 is 23.7 Å². The molecule has 11 heavy (non-hydrogen) atoms. The monoisotopic (exact) mass is 171 g/mol. The van der Waals surface area contributed by atoms with Crippen molar-refractivity contribution in [2.45, 2.75) is 19.1 Å². The molecule has 3 nitrogen and oxygen atoms in total. The molecule has 0 heterocycles. The Labute approximate surface area is 61.7 Å². The van der Waals surface area contributed by atoms with E-state index < -0.39 is 18.1 Å². The molecule has 0 aliphatic heterocycles. The van der Waals surface area contributed by atoms with Gasteiger partial charge in [0.25, 0.3) is 5.91 Å². The minimum absolute atomic E-state index is 0.180. The van der Waals surface area contributed by atoms with Crippen molar-refractivity contribution in [3.05, 3.63) is 0 Å². The van der Waals surface area contributed by atoms with E-state index in [0.717, 1.165) is 6.92 Å². The average Bonchev–Trinajstić information content (AvgIpc) is 1.85. The van der Waals surface area contributed by atoms with Crippen LogP contribution in [0, 0.1) is 0 Å². The highest BCUT2D eigenvalue weighted by Crippen LogP contribution is 2.18. The summed E-state index contributed by atoms with van der Waals surface area (Å²) in [6, 6.07) is -1.79. The van der Waals surface area contributed by atoms with Crippen molar-refractivity contribution in [1.82, 2.24) is 5.32 Å². The molecule has 1 amide bonds. The van der Waals surface area contributed by atoms with Crippen LogP contribution in [0.1, 0.15) is 6.92 Å². The molecule has 6 heteroatoms. The van der Waals surface area contributed by atoms with Gasteiger partial charge < -0.3 is 11.1 Å². The summed E-state index contributed by atoms with van der Waals surface area (Å²) in [7, 11) is 0. The van der Waals surface area contributed by atoms with E-state index in [1.165, 1.54) is 0 Å². The summed E-state index contributed by atoms with van der Waals surface area (Å²) in [6.07, 6.45) is -4.37. The van der Waals surface area contributed by atoms with Crippen LogP contribution in [-0.2, 0) is 4.79 Å². The maximum Gasteiger partial charge on any atom is 0.408 e. The molecule has 0 spiro atoms. The minimum atomic E-state index is -4.37. The molecule has 0 fully saturated rings. The third-order valence-corrected chi connectivity index (χ3v) is 1.10. The maximum atomic E-state index is 11.7. The number of halogens is 3. The fourth-order valence-electron chi connectivity index (χ4n) is 0.395. The van der Waals surface area contributed by atoms with Gasteiger partial charge in [0.1, 0.15) is 6.04 Å². The van der Waals surface area contributed by atoms with Gasteiger partial charge >= 0.3 is 6.18 Å². The van der Waals surface area contributed by atoms with Gasteiger partial charge in [-0.1, -0.05) is 0 Å². The first-order chi connectivity index (χ1) is 4.88. The molecule has 4 N–H and O–H groups in total. The van der Waals surface area contributed by atoms with E-state index in [1.54, 1.807) is 5.32 Å². The summed E-state index contributed by atoms with van der Waals surface area (Å²) in [5.41, 5.74) is 3.14. The summed E-state index contributed by atoms with van der Waals surface area (Å²) < 4.78 is 35.1. The average molecular weight is 171 g/mol. The van der Waals surface area contributed by atoms with E-state index in [1.807, 2.05) is 0 Å². The second kappa shape index (κ2) is 3.56. The van der Waals surface area contributed by atoms with Crippen molar-refractivity contribution in [3.63, 3.8) is 0 Å². The Morgan fingerprint density at radius 3 is 2.36 bits per heavy atom. The van der Waals surface area contributed by atoms with Gasteiger partial charge in [0.15, 0.2) is 6.54 Å². The van der Waals surface area contributed by atoms with Gasteiger partial charge in [0.05, 0.1) is 0 Å². The molecule has 0 aliphatic carbocycles. The number of hydrogen-bond donors (Lipinski definition) is 2. The lowest BCUT2D eigenvalue weighted by molar-refractivity contribution is -0.355. The number of amides is 1. The van der Waals surface area contributed by atoms with Crippen molar-refractivity contribution in [2.75, 3.05) is 6.54 Å². The van der Waals surface area contributed by atoms with Gasteiger partial charge in [0.2, 0.25) is 0 Å². The molecule has 0 radical (unpaired) electrons. The van der Waals surface area contributed by atoms with Crippen LogP contribution in [-0.4, -0.2) is 24.7 Å². The minimum Gasteiger partial charge on any atom is -0.350 e. The number of carbonyl (C=O) groups excluding carboxylic acids is 1. The molecular weight excluding hydrogens is 161 g/mol. The third-order valence-electron chi connectivity index (χ3n) is 1.10. The largest absolute Gasteiger partial charge is 0.408 e. The maximum absolute atomic E-state index is 11.7. The highest BCUT2D eigenvalue weighted by Gasteiger charge is 2.36. The summed E-state index contributed by atoms with van der Waals surface area (Å²) in [5.74, 6) is -0.699. The van der Waals surface area contributed by atoms with Crippen LogP contribution >= 0.6 is 0 Å². The van der Waals surface area contributed by atoms with Gasteiger partial charge in [-0.15, -0.1) is 0 Å². The molecule has 66 valence electrons. The predicted octanol–water partition coefficient (Wildman–Crippen LogP) is -0.705.